The summed E-state index contributed by atoms with van der Waals surface area (Å²) in [4.78, 5) is 37.6. The van der Waals surface area contributed by atoms with Gasteiger partial charge < -0.3 is 15.1 Å². The summed E-state index contributed by atoms with van der Waals surface area (Å²) in [6.07, 6.45) is -1.09. The Morgan fingerprint density at radius 2 is 1.42 bits per heavy atom. The van der Waals surface area contributed by atoms with E-state index in [9.17, 15) is 35.9 Å². The molecule has 264 valence electrons. The number of benzene rings is 1. The number of carbonyl (C=O) groups excluding carboxylic acids is 2. The van der Waals surface area contributed by atoms with Crippen molar-refractivity contribution in [1.29, 1.82) is 0 Å². The number of nitrogens with one attached hydrogen (secondary N) is 1. The van der Waals surface area contributed by atoms with Gasteiger partial charge in [0, 0.05) is 32.2 Å². The summed E-state index contributed by atoms with van der Waals surface area (Å²) in [5.74, 6) is 0.0434. The number of hydrogen-bond acceptors (Lipinski definition) is 7. The Morgan fingerprint density at radius 1 is 0.812 bits per heavy atom. The highest BCUT2D eigenvalue weighted by Crippen LogP contribution is 2.35. The zero-order valence-corrected chi connectivity index (χ0v) is 27.3. The number of anilines is 2. The largest absolute Gasteiger partial charge is 0.451 e. The van der Waals surface area contributed by atoms with E-state index in [2.05, 4.69) is 20.2 Å². The topological polar surface area (TPSA) is 81.7 Å². The van der Waals surface area contributed by atoms with Crippen LogP contribution in [0.2, 0.25) is 0 Å². The van der Waals surface area contributed by atoms with Crippen LogP contribution in [0.25, 0.3) is 0 Å². The second kappa shape index (κ2) is 15.4. The molecular formula is C34H44F6N6O2. The predicted octanol–water partition coefficient (Wildman–Crippen LogP) is 6.14. The molecule has 5 rings (SSSR count). The van der Waals surface area contributed by atoms with Crippen LogP contribution in [-0.4, -0.2) is 78.4 Å². The number of piperidine rings is 2. The van der Waals surface area contributed by atoms with Gasteiger partial charge in [-0.05, 0) is 88.1 Å². The fourth-order valence-corrected chi connectivity index (χ4v) is 6.99. The standard InChI is InChI=1S/C34H44F6N6O2/c1-23(47)22-44-16-10-24(11-17-44)3-2-4-25-12-18-45(19-13-25)29-21-30(43-32(42-29)34(38,39)40)46-20-14-28(46)31(48)41-15-9-26-5-7-27(8-6-26)33(35,36)37/h5-8,21,24-25,28H,2-4,9-20,22H2,1H3,(H,41,48)/t28-/m0/s1. The predicted molar refractivity (Wildman–Crippen MR) is 170 cm³/mol. The van der Waals surface area contributed by atoms with E-state index in [1.165, 1.54) is 18.2 Å². The Balaban J connectivity index is 1.11. The van der Waals surface area contributed by atoms with Gasteiger partial charge in [0.2, 0.25) is 11.7 Å². The van der Waals surface area contributed by atoms with Crippen molar-refractivity contribution < 1.29 is 35.9 Å². The maximum absolute atomic E-state index is 13.9. The fourth-order valence-electron chi connectivity index (χ4n) is 6.99. The summed E-state index contributed by atoms with van der Waals surface area (Å²) in [7, 11) is 0. The highest BCUT2D eigenvalue weighted by Gasteiger charge is 2.40. The normalized spacial score (nSPS) is 20.1. The minimum atomic E-state index is -4.75. The van der Waals surface area contributed by atoms with Crippen molar-refractivity contribution in [2.24, 2.45) is 11.8 Å². The van der Waals surface area contributed by atoms with Crippen molar-refractivity contribution >= 4 is 23.3 Å². The van der Waals surface area contributed by atoms with Crippen LogP contribution in [0.4, 0.5) is 38.0 Å². The molecule has 0 aliphatic carbocycles. The van der Waals surface area contributed by atoms with Gasteiger partial charge in [-0.25, -0.2) is 9.97 Å². The van der Waals surface area contributed by atoms with Crippen molar-refractivity contribution in [2.75, 3.05) is 55.6 Å². The number of nitrogens with zero attached hydrogens (tertiary/aromatic N) is 5. The highest BCUT2D eigenvalue weighted by atomic mass is 19.4. The van der Waals surface area contributed by atoms with Crippen molar-refractivity contribution in [1.82, 2.24) is 20.2 Å². The molecule has 1 aromatic carbocycles. The molecular weight excluding hydrogens is 638 g/mol. The molecule has 1 amide bonds. The Kier molecular flexibility index (Phi) is 11.5. The number of Topliss-reactive ketones (excluding diaryl/α,β-unsaturated/α-hetero) is 1. The number of aromatic nitrogens is 2. The maximum atomic E-state index is 13.9. The Morgan fingerprint density at radius 3 is 1.96 bits per heavy atom. The summed E-state index contributed by atoms with van der Waals surface area (Å²) in [5.41, 5.74) is -0.131. The lowest BCUT2D eigenvalue weighted by atomic mass is 9.87. The van der Waals surface area contributed by atoms with Crippen LogP contribution in [0.15, 0.2) is 30.3 Å². The van der Waals surface area contributed by atoms with Crippen LogP contribution >= 0.6 is 0 Å². The van der Waals surface area contributed by atoms with E-state index < -0.39 is 29.8 Å². The third-order valence-electron chi connectivity index (χ3n) is 9.88. The third kappa shape index (κ3) is 9.60. The molecule has 1 aromatic heterocycles. The molecule has 8 nitrogen and oxygen atoms in total. The second-order valence-corrected chi connectivity index (χ2v) is 13.4. The van der Waals surface area contributed by atoms with Crippen LogP contribution in [-0.2, 0) is 28.4 Å². The van der Waals surface area contributed by atoms with Crippen molar-refractivity contribution in [3.05, 3.63) is 47.3 Å². The monoisotopic (exact) mass is 682 g/mol. The van der Waals surface area contributed by atoms with E-state index in [4.69, 9.17) is 0 Å². The van der Waals surface area contributed by atoms with Crippen LogP contribution in [0.5, 0.6) is 0 Å². The van der Waals surface area contributed by atoms with Crippen molar-refractivity contribution in [3.63, 3.8) is 0 Å². The van der Waals surface area contributed by atoms with Gasteiger partial charge in [0.1, 0.15) is 23.5 Å². The van der Waals surface area contributed by atoms with Gasteiger partial charge in [0.15, 0.2) is 0 Å². The molecule has 0 radical (unpaired) electrons. The molecule has 1 N–H and O–H groups in total. The molecule has 3 fully saturated rings. The number of halogens is 6. The minimum Gasteiger partial charge on any atom is -0.356 e. The summed E-state index contributed by atoms with van der Waals surface area (Å²) >= 11 is 0. The van der Waals surface area contributed by atoms with E-state index in [0.29, 0.717) is 56.4 Å². The summed E-state index contributed by atoms with van der Waals surface area (Å²) in [6.45, 7) is 5.83. The minimum absolute atomic E-state index is 0.0536. The average Bonchev–Trinajstić information content (AvgIpc) is 3.01. The Bertz CT molecular complexity index is 1390. The van der Waals surface area contributed by atoms with E-state index in [1.807, 2.05) is 4.90 Å². The van der Waals surface area contributed by atoms with Crippen molar-refractivity contribution in [2.45, 2.75) is 83.1 Å². The number of carbonyl (C=O) groups is 2. The molecule has 2 aromatic rings. The van der Waals surface area contributed by atoms with Crippen molar-refractivity contribution in [3.8, 4) is 0 Å². The molecule has 3 aliphatic rings. The number of likely N-dealkylation sites (tertiary alicyclic amines) is 1. The SMILES string of the molecule is CC(=O)CN1CCC(CCCC2CCN(c3cc(N4CC[C@H]4C(=O)NCCc4ccc(C(F)(F)F)cc4)nc(C(F)(F)F)n3)CC2)CC1. The molecule has 0 bridgehead atoms. The molecule has 0 saturated carbocycles. The molecule has 0 spiro atoms. The molecule has 14 heteroatoms. The number of rotatable bonds is 12. The highest BCUT2D eigenvalue weighted by molar-refractivity contribution is 5.86. The van der Waals surface area contributed by atoms with Gasteiger partial charge in [0.05, 0.1) is 12.1 Å². The molecule has 4 heterocycles. The summed E-state index contributed by atoms with van der Waals surface area (Å²) in [5, 5.41) is 2.76. The first kappa shape index (κ1) is 35.9. The first-order chi connectivity index (χ1) is 22.8. The second-order valence-electron chi connectivity index (χ2n) is 13.4. The van der Waals surface area contributed by atoms with E-state index in [0.717, 1.165) is 70.2 Å². The van der Waals surface area contributed by atoms with Crippen LogP contribution < -0.4 is 15.1 Å². The molecule has 48 heavy (non-hydrogen) atoms. The smallest absolute Gasteiger partial charge is 0.356 e. The maximum Gasteiger partial charge on any atom is 0.451 e. The molecule has 3 saturated heterocycles. The number of ketones is 1. The average molecular weight is 683 g/mol. The van der Waals surface area contributed by atoms with Gasteiger partial charge in [-0.3, -0.25) is 14.5 Å². The Labute approximate surface area is 277 Å². The van der Waals surface area contributed by atoms with E-state index >= 15 is 0 Å². The molecule has 1 atom stereocenters. The quantitative estimate of drug-likeness (QED) is 0.270. The van der Waals surface area contributed by atoms with Gasteiger partial charge in [-0.2, -0.15) is 26.3 Å². The van der Waals surface area contributed by atoms with Gasteiger partial charge in [0.25, 0.3) is 0 Å². The molecule has 3 aliphatic heterocycles. The fraction of sp³-hybridized carbons (Fsp3) is 0.647. The first-order valence-electron chi connectivity index (χ1n) is 16.9. The Hall–Kier alpha value is -3.42. The lowest BCUT2D eigenvalue weighted by Gasteiger charge is -2.41. The van der Waals surface area contributed by atoms with Crippen LogP contribution in [0, 0.1) is 11.8 Å². The van der Waals surface area contributed by atoms with Crippen LogP contribution in [0.1, 0.15) is 75.2 Å². The van der Waals surface area contributed by atoms with Gasteiger partial charge in [-0.15, -0.1) is 0 Å². The van der Waals surface area contributed by atoms with Crippen LogP contribution in [0.3, 0.4) is 0 Å². The van der Waals surface area contributed by atoms with Gasteiger partial charge >= 0.3 is 12.4 Å². The zero-order chi connectivity index (χ0) is 34.5. The first-order valence-corrected chi connectivity index (χ1v) is 16.9. The zero-order valence-electron chi connectivity index (χ0n) is 27.3. The summed E-state index contributed by atoms with van der Waals surface area (Å²) < 4.78 is 80.1. The molecule has 0 unspecified atom stereocenters. The summed E-state index contributed by atoms with van der Waals surface area (Å²) in [6, 6.07) is 5.54. The number of alkyl halides is 6. The number of amides is 1. The van der Waals surface area contributed by atoms with Gasteiger partial charge in [-0.1, -0.05) is 31.4 Å². The lowest BCUT2D eigenvalue weighted by Crippen LogP contribution is -2.57. The number of hydrogen-bond donors (Lipinski definition) is 1. The van der Waals surface area contributed by atoms with E-state index in [-0.39, 0.29) is 29.9 Å². The third-order valence-corrected chi connectivity index (χ3v) is 9.88. The van der Waals surface area contributed by atoms with E-state index in [1.54, 1.807) is 11.8 Å². The lowest BCUT2D eigenvalue weighted by molar-refractivity contribution is -0.144.